The number of nitrogens with zero attached hydrogens (tertiary/aromatic N) is 2. The van der Waals surface area contributed by atoms with Crippen LogP contribution in [0.15, 0.2) is 11.6 Å². The molecular weight excluding hydrogens is 198 g/mol. The lowest BCUT2D eigenvalue weighted by Crippen LogP contribution is -2.15. The Kier molecular flexibility index (Phi) is 2.81. The van der Waals surface area contributed by atoms with Crippen LogP contribution < -0.4 is 5.48 Å². The monoisotopic (exact) mass is 211 g/mol. The first-order valence-electron chi connectivity index (χ1n) is 4.58. The van der Waals surface area contributed by atoms with Crippen molar-refractivity contribution in [3.05, 3.63) is 23.0 Å². The molecule has 0 bridgehead atoms. The highest BCUT2D eigenvalue weighted by Crippen LogP contribution is 2.16. The molecule has 1 N–H and O–H groups in total. The molecule has 14 heavy (non-hydrogen) atoms. The molecule has 2 heterocycles. The van der Waals surface area contributed by atoms with Crippen molar-refractivity contribution in [1.82, 2.24) is 14.9 Å². The summed E-state index contributed by atoms with van der Waals surface area (Å²) in [4.78, 5) is 10.6. The van der Waals surface area contributed by atoms with Crippen molar-refractivity contribution in [2.24, 2.45) is 0 Å². The molecule has 0 aromatic carbocycles. The summed E-state index contributed by atoms with van der Waals surface area (Å²) >= 11 is 1.64. The predicted octanol–water partition coefficient (Wildman–Crippen LogP) is 1.75. The van der Waals surface area contributed by atoms with E-state index >= 15 is 0 Å². The van der Waals surface area contributed by atoms with Crippen LogP contribution in [0.1, 0.15) is 18.3 Å². The third-order valence-electron chi connectivity index (χ3n) is 2.05. The van der Waals surface area contributed by atoms with Crippen LogP contribution in [-0.2, 0) is 11.4 Å². The van der Waals surface area contributed by atoms with Gasteiger partial charge in [-0.15, -0.1) is 11.3 Å². The van der Waals surface area contributed by atoms with E-state index in [0.29, 0.717) is 13.2 Å². The number of rotatable bonds is 4. The van der Waals surface area contributed by atoms with E-state index in [1.54, 1.807) is 11.3 Å². The molecule has 0 saturated heterocycles. The molecule has 0 spiro atoms. The van der Waals surface area contributed by atoms with Crippen molar-refractivity contribution in [3.63, 3.8) is 0 Å². The molecule has 2 rings (SSSR count). The summed E-state index contributed by atoms with van der Waals surface area (Å²) in [5, 5.41) is 2.03. The first-order valence-corrected chi connectivity index (χ1v) is 5.46. The average molecular weight is 211 g/mol. The summed E-state index contributed by atoms with van der Waals surface area (Å²) in [5.74, 6) is 0. The molecule has 0 amide bonds. The summed E-state index contributed by atoms with van der Waals surface area (Å²) in [6.45, 7) is 5.33. The highest BCUT2D eigenvalue weighted by Gasteiger charge is 2.08. The maximum Gasteiger partial charge on any atom is 0.194 e. The number of thiazole rings is 1. The number of aryl methyl sites for hydroxylation is 1. The van der Waals surface area contributed by atoms with E-state index in [0.717, 1.165) is 16.3 Å². The average Bonchev–Trinajstić information content (AvgIpc) is 2.69. The molecule has 0 aliphatic carbocycles. The van der Waals surface area contributed by atoms with Gasteiger partial charge in [0, 0.05) is 11.6 Å². The molecule has 0 fully saturated rings. The van der Waals surface area contributed by atoms with Crippen molar-refractivity contribution in [2.75, 3.05) is 6.61 Å². The molecule has 2 aromatic heterocycles. The molecule has 76 valence electrons. The Morgan fingerprint density at radius 3 is 3.29 bits per heavy atom. The summed E-state index contributed by atoms with van der Waals surface area (Å²) in [6, 6.07) is 0. The van der Waals surface area contributed by atoms with Gasteiger partial charge >= 0.3 is 0 Å². The summed E-state index contributed by atoms with van der Waals surface area (Å²) in [6.07, 6.45) is 2.03. The van der Waals surface area contributed by atoms with Gasteiger partial charge in [-0.2, -0.15) is 5.48 Å². The van der Waals surface area contributed by atoms with Crippen molar-refractivity contribution < 1.29 is 4.84 Å². The highest BCUT2D eigenvalue weighted by atomic mass is 32.1. The first kappa shape index (κ1) is 9.64. The molecule has 0 saturated carbocycles. The van der Waals surface area contributed by atoms with Gasteiger partial charge in [-0.3, -0.25) is 4.40 Å². The SMILES string of the molecule is CCONCc1c(C)nc2sccn12. The van der Waals surface area contributed by atoms with Gasteiger partial charge in [0.25, 0.3) is 0 Å². The third-order valence-corrected chi connectivity index (χ3v) is 2.80. The van der Waals surface area contributed by atoms with Gasteiger partial charge in [-0.1, -0.05) is 0 Å². The van der Waals surface area contributed by atoms with Crippen molar-refractivity contribution >= 4 is 16.3 Å². The molecule has 2 aromatic rings. The van der Waals surface area contributed by atoms with Crippen molar-refractivity contribution in [3.8, 4) is 0 Å². The molecule has 0 aliphatic heterocycles. The second-order valence-electron chi connectivity index (χ2n) is 2.95. The Balaban J connectivity index is 2.21. The fraction of sp³-hybridized carbons (Fsp3) is 0.444. The minimum absolute atomic E-state index is 0.671. The normalized spacial score (nSPS) is 11.3. The lowest BCUT2D eigenvalue weighted by atomic mass is 10.3. The summed E-state index contributed by atoms with van der Waals surface area (Å²) in [5.41, 5.74) is 5.13. The van der Waals surface area contributed by atoms with Gasteiger partial charge in [0.2, 0.25) is 0 Å². The van der Waals surface area contributed by atoms with Gasteiger partial charge < -0.3 is 4.84 Å². The zero-order chi connectivity index (χ0) is 9.97. The molecule has 0 unspecified atom stereocenters. The number of aromatic nitrogens is 2. The van der Waals surface area contributed by atoms with Crippen LogP contribution in [0.2, 0.25) is 0 Å². The van der Waals surface area contributed by atoms with Crippen LogP contribution in [0.25, 0.3) is 4.96 Å². The Morgan fingerprint density at radius 1 is 1.64 bits per heavy atom. The van der Waals surface area contributed by atoms with E-state index in [9.17, 15) is 0 Å². The van der Waals surface area contributed by atoms with E-state index < -0.39 is 0 Å². The molecule has 0 aliphatic rings. The molecule has 0 atom stereocenters. The van der Waals surface area contributed by atoms with Crippen LogP contribution in [0.3, 0.4) is 0 Å². The molecule has 4 nitrogen and oxygen atoms in total. The molecular formula is C9H13N3OS. The van der Waals surface area contributed by atoms with Crippen LogP contribution in [0.4, 0.5) is 0 Å². The van der Waals surface area contributed by atoms with E-state index in [1.165, 1.54) is 0 Å². The highest BCUT2D eigenvalue weighted by molar-refractivity contribution is 7.15. The number of hydrogen-bond donors (Lipinski definition) is 1. The number of hydrogen-bond acceptors (Lipinski definition) is 4. The number of fused-ring (bicyclic) bond motifs is 1. The van der Waals surface area contributed by atoms with Gasteiger partial charge in [0.15, 0.2) is 4.96 Å². The predicted molar refractivity (Wildman–Crippen MR) is 56.3 cm³/mol. The zero-order valence-corrected chi connectivity index (χ0v) is 9.10. The van der Waals surface area contributed by atoms with E-state index in [4.69, 9.17) is 4.84 Å². The summed E-state index contributed by atoms with van der Waals surface area (Å²) in [7, 11) is 0. The van der Waals surface area contributed by atoms with Crippen LogP contribution in [0.5, 0.6) is 0 Å². The largest absolute Gasteiger partial charge is 0.302 e. The minimum Gasteiger partial charge on any atom is -0.302 e. The second-order valence-corrected chi connectivity index (χ2v) is 3.83. The Labute approximate surface area is 86.5 Å². The number of imidazole rings is 1. The Morgan fingerprint density at radius 2 is 2.50 bits per heavy atom. The smallest absolute Gasteiger partial charge is 0.194 e. The van der Waals surface area contributed by atoms with Crippen LogP contribution in [-0.4, -0.2) is 16.0 Å². The Bertz CT molecular complexity index is 421. The lowest BCUT2D eigenvalue weighted by Gasteiger charge is -2.03. The van der Waals surface area contributed by atoms with Crippen molar-refractivity contribution in [1.29, 1.82) is 0 Å². The fourth-order valence-corrected chi connectivity index (χ4v) is 2.15. The minimum atomic E-state index is 0.671. The van der Waals surface area contributed by atoms with E-state index in [2.05, 4.69) is 14.9 Å². The fourth-order valence-electron chi connectivity index (χ4n) is 1.38. The van der Waals surface area contributed by atoms with Crippen LogP contribution in [0, 0.1) is 6.92 Å². The van der Waals surface area contributed by atoms with E-state index in [-0.39, 0.29) is 0 Å². The van der Waals surface area contributed by atoms with Gasteiger partial charge in [-0.05, 0) is 13.8 Å². The lowest BCUT2D eigenvalue weighted by molar-refractivity contribution is 0.0454. The maximum absolute atomic E-state index is 5.10. The van der Waals surface area contributed by atoms with Gasteiger partial charge in [-0.25, -0.2) is 4.98 Å². The second kappa shape index (κ2) is 4.08. The molecule has 5 heteroatoms. The zero-order valence-electron chi connectivity index (χ0n) is 8.28. The summed E-state index contributed by atoms with van der Waals surface area (Å²) < 4.78 is 2.09. The standard InChI is InChI=1S/C9H13N3OS/c1-3-13-10-6-8-7(2)11-9-12(8)4-5-14-9/h4-5,10H,3,6H2,1-2H3. The maximum atomic E-state index is 5.10. The van der Waals surface area contributed by atoms with E-state index in [1.807, 2.05) is 25.4 Å². The number of hydroxylamine groups is 1. The molecule has 0 radical (unpaired) electrons. The first-order chi connectivity index (χ1) is 6.83. The van der Waals surface area contributed by atoms with Crippen LogP contribution >= 0.6 is 11.3 Å². The van der Waals surface area contributed by atoms with Crippen molar-refractivity contribution in [2.45, 2.75) is 20.4 Å². The quantitative estimate of drug-likeness (QED) is 0.618. The number of nitrogens with one attached hydrogen (secondary N) is 1. The van der Waals surface area contributed by atoms with Gasteiger partial charge in [0.1, 0.15) is 0 Å². The van der Waals surface area contributed by atoms with Gasteiger partial charge in [0.05, 0.1) is 24.5 Å². The third kappa shape index (κ3) is 1.66. The topological polar surface area (TPSA) is 38.6 Å². The Hall–Kier alpha value is -0.910.